The summed E-state index contributed by atoms with van der Waals surface area (Å²) in [7, 11) is 0. The molecular weight excluding hydrogens is 172 g/mol. The molecule has 1 nitrogen and oxygen atoms in total. The fourth-order valence-corrected chi connectivity index (χ4v) is 1.67. The van der Waals surface area contributed by atoms with E-state index in [4.69, 9.17) is 11.6 Å². The van der Waals surface area contributed by atoms with Crippen LogP contribution in [0.1, 0.15) is 32.6 Å². The van der Waals surface area contributed by atoms with E-state index in [2.05, 4.69) is 0 Å². The third-order valence-corrected chi connectivity index (χ3v) is 2.40. The van der Waals surface area contributed by atoms with Crippen LogP contribution in [-0.4, -0.2) is 11.2 Å². The van der Waals surface area contributed by atoms with Crippen molar-refractivity contribution in [2.75, 3.05) is 0 Å². The van der Waals surface area contributed by atoms with Gasteiger partial charge in [-0.1, -0.05) is 12.2 Å². The first-order valence-electron chi connectivity index (χ1n) is 4.53. The monoisotopic (exact) mass is 186 g/mol. The summed E-state index contributed by atoms with van der Waals surface area (Å²) in [6.07, 6.45) is 7.80. The minimum absolute atomic E-state index is 0.0847. The Kier molecular flexibility index (Phi) is 3.80. The van der Waals surface area contributed by atoms with E-state index >= 15 is 0 Å². The molecule has 0 amide bonds. The molecule has 0 aromatic rings. The standard InChI is InChI=1S/C10H15ClO/c1-8(11)4-2-5-9-6-3-7-10(9)12/h2,4,8-9H,3,5-7H2,1H3. The van der Waals surface area contributed by atoms with Crippen LogP contribution in [0, 0.1) is 5.92 Å². The molecule has 0 saturated heterocycles. The number of alkyl halides is 1. The van der Waals surface area contributed by atoms with Crippen LogP contribution in [0.5, 0.6) is 0 Å². The van der Waals surface area contributed by atoms with Crippen LogP contribution in [0.4, 0.5) is 0 Å². The summed E-state index contributed by atoms with van der Waals surface area (Å²) in [6.45, 7) is 1.93. The van der Waals surface area contributed by atoms with Crippen LogP contribution in [0.15, 0.2) is 12.2 Å². The summed E-state index contributed by atoms with van der Waals surface area (Å²) < 4.78 is 0. The van der Waals surface area contributed by atoms with Gasteiger partial charge in [0.25, 0.3) is 0 Å². The Bertz CT molecular complexity index is 184. The molecule has 2 atom stereocenters. The van der Waals surface area contributed by atoms with Gasteiger partial charge < -0.3 is 0 Å². The third-order valence-electron chi connectivity index (χ3n) is 2.25. The molecule has 0 heterocycles. The highest BCUT2D eigenvalue weighted by atomic mass is 35.5. The molecule has 68 valence electrons. The molecule has 1 rings (SSSR count). The van der Waals surface area contributed by atoms with E-state index in [1.165, 1.54) is 0 Å². The second-order valence-electron chi connectivity index (χ2n) is 3.40. The van der Waals surface area contributed by atoms with Gasteiger partial charge in [0.15, 0.2) is 0 Å². The average molecular weight is 187 g/mol. The van der Waals surface area contributed by atoms with Gasteiger partial charge in [0, 0.05) is 17.7 Å². The lowest BCUT2D eigenvalue weighted by molar-refractivity contribution is -0.120. The van der Waals surface area contributed by atoms with Crippen molar-refractivity contribution in [1.29, 1.82) is 0 Å². The van der Waals surface area contributed by atoms with Gasteiger partial charge in [-0.3, -0.25) is 4.79 Å². The topological polar surface area (TPSA) is 17.1 Å². The highest BCUT2D eigenvalue weighted by molar-refractivity contribution is 6.21. The Morgan fingerprint density at radius 3 is 3.00 bits per heavy atom. The largest absolute Gasteiger partial charge is 0.299 e. The van der Waals surface area contributed by atoms with Gasteiger partial charge in [0.1, 0.15) is 5.78 Å². The van der Waals surface area contributed by atoms with Gasteiger partial charge in [-0.2, -0.15) is 0 Å². The van der Waals surface area contributed by atoms with Crippen molar-refractivity contribution in [2.24, 2.45) is 5.92 Å². The number of allylic oxidation sites excluding steroid dienone is 2. The Morgan fingerprint density at radius 1 is 1.75 bits per heavy atom. The van der Waals surface area contributed by atoms with E-state index in [1.807, 2.05) is 19.1 Å². The molecule has 1 fully saturated rings. The van der Waals surface area contributed by atoms with Gasteiger partial charge in [0.2, 0.25) is 0 Å². The number of carbonyl (C=O) groups is 1. The van der Waals surface area contributed by atoms with Gasteiger partial charge in [-0.25, -0.2) is 0 Å². The van der Waals surface area contributed by atoms with Crippen molar-refractivity contribution >= 4 is 17.4 Å². The van der Waals surface area contributed by atoms with Crippen molar-refractivity contribution < 1.29 is 4.79 Å². The summed E-state index contributed by atoms with van der Waals surface area (Å²) in [5.41, 5.74) is 0. The number of hydrogen-bond acceptors (Lipinski definition) is 1. The predicted molar refractivity (Wildman–Crippen MR) is 51.4 cm³/mol. The van der Waals surface area contributed by atoms with Gasteiger partial charge >= 0.3 is 0 Å². The van der Waals surface area contributed by atoms with Gasteiger partial charge in [-0.15, -0.1) is 11.6 Å². The lowest BCUT2D eigenvalue weighted by Gasteiger charge is -2.02. The molecule has 0 radical (unpaired) electrons. The quantitative estimate of drug-likeness (QED) is 0.489. The predicted octanol–water partition coefficient (Wildman–Crippen LogP) is 2.93. The Morgan fingerprint density at radius 2 is 2.50 bits per heavy atom. The minimum atomic E-state index is 0.0847. The molecule has 2 heteroatoms. The van der Waals surface area contributed by atoms with Crippen LogP contribution < -0.4 is 0 Å². The molecule has 1 saturated carbocycles. The van der Waals surface area contributed by atoms with E-state index in [0.717, 1.165) is 25.7 Å². The van der Waals surface area contributed by atoms with Crippen LogP contribution in [0.3, 0.4) is 0 Å². The maximum Gasteiger partial charge on any atom is 0.136 e. The van der Waals surface area contributed by atoms with Crippen molar-refractivity contribution in [3.05, 3.63) is 12.2 Å². The number of halogens is 1. The van der Waals surface area contributed by atoms with Crippen LogP contribution in [-0.2, 0) is 4.79 Å². The average Bonchev–Trinajstić information content (AvgIpc) is 2.36. The van der Waals surface area contributed by atoms with Crippen LogP contribution in [0.2, 0.25) is 0 Å². The molecule has 2 unspecified atom stereocenters. The molecule has 0 aromatic carbocycles. The normalized spacial score (nSPS) is 26.8. The number of rotatable bonds is 3. The number of carbonyl (C=O) groups excluding carboxylic acids is 1. The SMILES string of the molecule is CC(Cl)C=CCC1CCCC1=O. The molecule has 1 aliphatic rings. The first-order valence-corrected chi connectivity index (χ1v) is 4.97. The number of ketones is 1. The van der Waals surface area contributed by atoms with E-state index in [1.54, 1.807) is 0 Å². The fourth-order valence-electron chi connectivity index (χ4n) is 1.57. The lowest BCUT2D eigenvalue weighted by atomic mass is 10.0. The maximum atomic E-state index is 11.2. The summed E-state index contributed by atoms with van der Waals surface area (Å²) >= 11 is 5.73. The second kappa shape index (κ2) is 4.66. The smallest absolute Gasteiger partial charge is 0.136 e. The van der Waals surface area contributed by atoms with E-state index in [9.17, 15) is 4.79 Å². The second-order valence-corrected chi connectivity index (χ2v) is 4.09. The van der Waals surface area contributed by atoms with Gasteiger partial charge in [-0.05, 0) is 26.2 Å². The van der Waals surface area contributed by atoms with Crippen molar-refractivity contribution in [3.63, 3.8) is 0 Å². The summed E-state index contributed by atoms with van der Waals surface area (Å²) in [5, 5.41) is 0.0847. The molecule has 0 spiro atoms. The summed E-state index contributed by atoms with van der Waals surface area (Å²) in [4.78, 5) is 11.2. The molecular formula is C10H15ClO. The van der Waals surface area contributed by atoms with Gasteiger partial charge in [0.05, 0.1) is 0 Å². The van der Waals surface area contributed by atoms with E-state index < -0.39 is 0 Å². The Labute approximate surface area is 78.8 Å². The fraction of sp³-hybridized carbons (Fsp3) is 0.700. The molecule has 0 aliphatic heterocycles. The third kappa shape index (κ3) is 2.98. The van der Waals surface area contributed by atoms with Crippen LogP contribution in [0.25, 0.3) is 0 Å². The molecule has 0 aromatic heterocycles. The molecule has 12 heavy (non-hydrogen) atoms. The summed E-state index contributed by atoms with van der Waals surface area (Å²) in [5.74, 6) is 0.721. The first kappa shape index (κ1) is 9.79. The number of Topliss-reactive ketones (excluding diaryl/α,β-unsaturated/α-hetero) is 1. The molecule has 0 bridgehead atoms. The van der Waals surface area contributed by atoms with E-state index in [-0.39, 0.29) is 11.3 Å². The Balaban J connectivity index is 2.27. The van der Waals surface area contributed by atoms with Crippen molar-refractivity contribution in [3.8, 4) is 0 Å². The molecule has 0 N–H and O–H groups in total. The molecule has 1 aliphatic carbocycles. The highest BCUT2D eigenvalue weighted by Gasteiger charge is 2.22. The Hall–Kier alpha value is -0.300. The lowest BCUT2D eigenvalue weighted by Crippen LogP contribution is -2.04. The zero-order chi connectivity index (χ0) is 8.97. The van der Waals surface area contributed by atoms with Crippen molar-refractivity contribution in [1.82, 2.24) is 0 Å². The van der Waals surface area contributed by atoms with E-state index in [0.29, 0.717) is 5.78 Å². The zero-order valence-electron chi connectivity index (χ0n) is 7.42. The zero-order valence-corrected chi connectivity index (χ0v) is 8.18. The highest BCUT2D eigenvalue weighted by Crippen LogP contribution is 2.24. The minimum Gasteiger partial charge on any atom is -0.299 e. The first-order chi connectivity index (χ1) is 5.70. The van der Waals surface area contributed by atoms with Crippen LogP contribution >= 0.6 is 11.6 Å². The number of hydrogen-bond donors (Lipinski definition) is 0. The van der Waals surface area contributed by atoms with Crippen molar-refractivity contribution in [2.45, 2.75) is 38.0 Å². The summed E-state index contributed by atoms with van der Waals surface area (Å²) in [6, 6.07) is 0. The maximum absolute atomic E-state index is 11.2.